The Morgan fingerprint density at radius 2 is 1.89 bits per heavy atom. The number of aliphatic carboxylic acids is 1. The van der Waals surface area contributed by atoms with Crippen molar-refractivity contribution in [2.75, 3.05) is 17.7 Å². The van der Waals surface area contributed by atoms with Gasteiger partial charge in [0.15, 0.2) is 0 Å². The summed E-state index contributed by atoms with van der Waals surface area (Å²) in [6, 6.07) is 10.8. The molecule has 0 saturated heterocycles. The number of halogens is 2. The molecule has 0 bridgehead atoms. The van der Waals surface area contributed by atoms with Gasteiger partial charge in [-0.2, -0.15) is 4.68 Å². The summed E-state index contributed by atoms with van der Waals surface area (Å²) in [5.74, 6) is -3.05. The van der Waals surface area contributed by atoms with Gasteiger partial charge in [-0.3, -0.25) is 9.59 Å². The summed E-state index contributed by atoms with van der Waals surface area (Å²) >= 11 is 11.9. The maximum Gasteiger partial charge on any atom is 0.326 e. The highest BCUT2D eigenvalue weighted by atomic mass is 35.5. The van der Waals surface area contributed by atoms with Crippen LogP contribution in [0.1, 0.15) is 31.9 Å². The van der Waals surface area contributed by atoms with Crippen LogP contribution in [0.15, 0.2) is 48.8 Å². The Labute approximate surface area is 218 Å². The van der Waals surface area contributed by atoms with Gasteiger partial charge in [0.25, 0.3) is 0 Å². The molecule has 2 amide bonds. The highest BCUT2D eigenvalue weighted by Crippen LogP contribution is 2.28. The molecule has 0 spiro atoms. The molecule has 1 unspecified atom stereocenters. The number of carboxylic acids is 1. The van der Waals surface area contributed by atoms with Gasteiger partial charge in [-0.05, 0) is 45.2 Å². The van der Waals surface area contributed by atoms with Crippen molar-refractivity contribution in [3.05, 3.63) is 64.9 Å². The van der Waals surface area contributed by atoms with E-state index >= 15 is 0 Å². The first-order chi connectivity index (χ1) is 17.0. The average molecular weight is 533 g/mol. The van der Waals surface area contributed by atoms with Crippen LogP contribution in [0.25, 0.3) is 5.69 Å². The van der Waals surface area contributed by atoms with Gasteiger partial charge in [-0.1, -0.05) is 56.6 Å². The molecular formula is C24H26Cl2N6O4. The van der Waals surface area contributed by atoms with Crippen molar-refractivity contribution in [3.63, 3.8) is 0 Å². The second-order valence-electron chi connectivity index (χ2n) is 9.08. The van der Waals surface area contributed by atoms with E-state index in [0.717, 1.165) is 16.0 Å². The molecule has 190 valence electrons. The van der Waals surface area contributed by atoms with Gasteiger partial charge in [0.2, 0.25) is 11.8 Å². The van der Waals surface area contributed by atoms with Gasteiger partial charge in [-0.25, -0.2) is 4.79 Å². The lowest BCUT2D eigenvalue weighted by atomic mass is 9.82. The van der Waals surface area contributed by atoms with Crippen LogP contribution in [-0.2, 0) is 26.2 Å². The van der Waals surface area contributed by atoms with E-state index in [1.165, 1.54) is 17.1 Å². The number of carboxylic acid groups (broad SMARTS) is 1. The van der Waals surface area contributed by atoms with Crippen LogP contribution in [0.3, 0.4) is 0 Å². The van der Waals surface area contributed by atoms with E-state index in [9.17, 15) is 19.5 Å². The van der Waals surface area contributed by atoms with Gasteiger partial charge < -0.3 is 15.3 Å². The number of aromatic nitrogens is 4. The van der Waals surface area contributed by atoms with E-state index in [4.69, 9.17) is 23.2 Å². The number of anilines is 1. The molecule has 3 aromatic rings. The third-order valence-corrected chi connectivity index (χ3v) is 5.94. The van der Waals surface area contributed by atoms with Gasteiger partial charge in [-0.15, -0.1) is 16.7 Å². The number of nitrogens with zero attached hydrogens (tertiary/aromatic N) is 5. The van der Waals surface area contributed by atoms with Crippen LogP contribution in [0.2, 0.25) is 5.02 Å². The molecule has 0 aliphatic carbocycles. The van der Waals surface area contributed by atoms with E-state index in [-0.39, 0.29) is 17.5 Å². The van der Waals surface area contributed by atoms with Gasteiger partial charge >= 0.3 is 5.97 Å². The Morgan fingerprint density at radius 1 is 1.17 bits per heavy atom. The van der Waals surface area contributed by atoms with Crippen LogP contribution in [0.4, 0.5) is 5.69 Å². The topological polar surface area (TPSA) is 130 Å². The van der Waals surface area contributed by atoms with Crippen LogP contribution in [-0.4, -0.2) is 66.5 Å². The summed E-state index contributed by atoms with van der Waals surface area (Å²) in [6.45, 7) is 5.51. The van der Waals surface area contributed by atoms with Crippen molar-refractivity contribution >= 4 is 46.7 Å². The van der Waals surface area contributed by atoms with Crippen molar-refractivity contribution in [2.24, 2.45) is 0 Å². The molecule has 0 aliphatic heterocycles. The molecule has 12 heteroatoms. The van der Waals surface area contributed by atoms with E-state index in [1.807, 2.05) is 45.0 Å². The monoisotopic (exact) mass is 532 g/mol. The quantitative estimate of drug-likeness (QED) is 0.404. The third-order valence-electron chi connectivity index (χ3n) is 5.48. The zero-order valence-electron chi connectivity index (χ0n) is 20.0. The summed E-state index contributed by atoms with van der Waals surface area (Å²) in [5, 5.41) is 24.0. The van der Waals surface area contributed by atoms with Crippen LogP contribution in [0.5, 0.6) is 0 Å². The lowest BCUT2D eigenvalue weighted by Gasteiger charge is -2.30. The van der Waals surface area contributed by atoms with Crippen molar-refractivity contribution < 1.29 is 19.5 Å². The maximum atomic E-state index is 13.0. The Kier molecular flexibility index (Phi) is 8.65. The van der Waals surface area contributed by atoms with Crippen molar-refractivity contribution in [1.29, 1.82) is 0 Å². The number of carbonyl (C=O) groups excluding carboxylic acids is 2. The number of amides is 2. The Bertz CT molecular complexity index is 1240. The molecule has 2 aromatic carbocycles. The minimum atomic E-state index is -1.32. The molecule has 36 heavy (non-hydrogen) atoms. The van der Waals surface area contributed by atoms with Crippen LogP contribution < -0.4 is 5.32 Å². The molecule has 0 fully saturated rings. The zero-order valence-corrected chi connectivity index (χ0v) is 21.5. The fourth-order valence-corrected chi connectivity index (χ4v) is 4.17. The van der Waals surface area contributed by atoms with Crippen LogP contribution >= 0.6 is 23.2 Å². The van der Waals surface area contributed by atoms with Crippen molar-refractivity contribution in [3.8, 4) is 5.69 Å². The third kappa shape index (κ3) is 6.58. The normalized spacial score (nSPS) is 12.1. The molecule has 1 aromatic heterocycles. The van der Waals surface area contributed by atoms with Crippen LogP contribution in [0, 0.1) is 0 Å². The molecule has 3 rings (SSSR count). The highest BCUT2D eigenvalue weighted by molar-refractivity contribution is 6.31. The lowest BCUT2D eigenvalue weighted by molar-refractivity contribution is -0.150. The minimum absolute atomic E-state index is 0.00568. The van der Waals surface area contributed by atoms with E-state index in [0.29, 0.717) is 10.7 Å². The molecule has 0 radical (unpaired) electrons. The van der Waals surface area contributed by atoms with E-state index < -0.39 is 36.3 Å². The summed E-state index contributed by atoms with van der Waals surface area (Å²) in [4.78, 5) is 39.0. The smallest absolute Gasteiger partial charge is 0.326 e. The number of hydrogen-bond donors (Lipinski definition) is 2. The Morgan fingerprint density at radius 3 is 2.50 bits per heavy atom. The number of carbonyl (C=O) groups is 3. The second kappa shape index (κ2) is 11.5. The number of alkyl halides is 1. The fraction of sp³-hybridized carbons (Fsp3) is 0.333. The SMILES string of the molecule is CC(C)(C)c1ccccc1CC(C(=O)O)N(CC(=O)Nc1cc(Cl)ccc1-n1cnnn1)C(=O)CCl. The van der Waals surface area contributed by atoms with Gasteiger partial charge in [0.05, 0.1) is 11.4 Å². The number of hydrogen-bond acceptors (Lipinski definition) is 6. The number of benzene rings is 2. The summed E-state index contributed by atoms with van der Waals surface area (Å²) in [5.41, 5.74) is 2.17. The lowest BCUT2D eigenvalue weighted by Crippen LogP contribution is -2.50. The van der Waals surface area contributed by atoms with E-state index in [2.05, 4.69) is 20.8 Å². The highest BCUT2D eigenvalue weighted by Gasteiger charge is 2.32. The number of tetrazole rings is 1. The van der Waals surface area contributed by atoms with Crippen molar-refractivity contribution in [1.82, 2.24) is 25.1 Å². The number of rotatable bonds is 9. The molecule has 2 N–H and O–H groups in total. The number of nitrogens with one attached hydrogen (secondary N) is 1. The molecule has 0 aliphatic rings. The molecule has 1 heterocycles. The minimum Gasteiger partial charge on any atom is -0.480 e. The summed E-state index contributed by atoms with van der Waals surface area (Å²) in [6.07, 6.45) is 1.35. The molecule has 0 saturated carbocycles. The predicted octanol–water partition coefficient (Wildman–Crippen LogP) is 3.32. The largest absolute Gasteiger partial charge is 0.480 e. The van der Waals surface area contributed by atoms with Gasteiger partial charge in [0, 0.05) is 11.4 Å². The first-order valence-corrected chi connectivity index (χ1v) is 11.9. The standard InChI is InChI=1S/C24H26Cl2N6O4/c1-24(2,3)17-7-5-4-6-15(17)10-20(23(35)36)31(22(34)12-25)13-21(33)28-18-11-16(26)8-9-19(18)32-14-27-29-30-32/h4-9,11,14,20H,10,12-13H2,1-3H3,(H,28,33)(H,35,36). The average Bonchev–Trinajstić information content (AvgIpc) is 3.35. The maximum absolute atomic E-state index is 13.0. The molecule has 1 atom stereocenters. The van der Waals surface area contributed by atoms with Gasteiger partial charge in [0.1, 0.15) is 24.8 Å². The summed E-state index contributed by atoms with van der Waals surface area (Å²) < 4.78 is 1.33. The summed E-state index contributed by atoms with van der Waals surface area (Å²) in [7, 11) is 0. The molecule has 10 nitrogen and oxygen atoms in total. The Balaban J connectivity index is 1.89. The van der Waals surface area contributed by atoms with Crippen molar-refractivity contribution in [2.45, 2.75) is 38.6 Å². The Hall–Kier alpha value is -3.50. The van der Waals surface area contributed by atoms with E-state index in [1.54, 1.807) is 12.1 Å². The predicted molar refractivity (Wildman–Crippen MR) is 135 cm³/mol. The first-order valence-electron chi connectivity index (χ1n) is 11.0. The zero-order chi connectivity index (χ0) is 26.5. The fourth-order valence-electron chi connectivity index (χ4n) is 3.84. The molecular weight excluding hydrogens is 507 g/mol. The first kappa shape index (κ1) is 27.1. The second-order valence-corrected chi connectivity index (χ2v) is 9.79.